The quantitative estimate of drug-likeness (QED) is 0.535. The van der Waals surface area contributed by atoms with Crippen LogP contribution in [0.2, 0.25) is 0 Å². The number of rotatable bonds is 6. The summed E-state index contributed by atoms with van der Waals surface area (Å²) >= 11 is 0. The summed E-state index contributed by atoms with van der Waals surface area (Å²) in [4.78, 5) is 25.2. The number of hydrogen-bond acceptors (Lipinski definition) is 8. The van der Waals surface area contributed by atoms with Gasteiger partial charge in [-0.2, -0.15) is 5.26 Å². The second-order valence-corrected chi connectivity index (χ2v) is 7.17. The highest BCUT2D eigenvalue weighted by Gasteiger charge is 2.27. The molecule has 2 aromatic heterocycles. The third-order valence-corrected chi connectivity index (χ3v) is 5.00. The Hall–Kier alpha value is -4.23. The largest absolute Gasteiger partial charge is 0.487 e. The van der Waals surface area contributed by atoms with E-state index in [0.29, 0.717) is 52.9 Å². The number of nitrogens with one attached hydrogen (secondary N) is 1. The van der Waals surface area contributed by atoms with Gasteiger partial charge in [-0.3, -0.25) is 4.98 Å². The Balaban J connectivity index is 1.50. The minimum absolute atomic E-state index is 0.133. The maximum absolute atomic E-state index is 11.1. The number of aliphatic hydroxyl groups excluding tert-OH is 1. The first kappa shape index (κ1) is 21.0. The van der Waals surface area contributed by atoms with Crippen molar-refractivity contribution in [1.29, 1.82) is 5.26 Å². The highest BCUT2D eigenvalue weighted by molar-refractivity contribution is 5.66. The van der Waals surface area contributed by atoms with Gasteiger partial charge in [0.25, 0.3) is 0 Å². The molecule has 3 aromatic rings. The summed E-state index contributed by atoms with van der Waals surface area (Å²) in [5.74, 6) is 0.774. The zero-order valence-electron chi connectivity index (χ0n) is 17.0. The maximum Gasteiger partial charge on any atom is 0.407 e. The number of carbonyl (C=O) groups is 1. The van der Waals surface area contributed by atoms with Crippen LogP contribution in [0.25, 0.3) is 11.3 Å². The molecule has 10 nitrogen and oxygen atoms in total. The van der Waals surface area contributed by atoms with Crippen LogP contribution >= 0.6 is 0 Å². The summed E-state index contributed by atoms with van der Waals surface area (Å²) in [7, 11) is 0. The van der Waals surface area contributed by atoms with Crippen molar-refractivity contribution in [3.05, 3.63) is 60.0 Å². The standard InChI is InChI=1S/C22H20N6O4/c23-10-15-9-14(1-4-20(15)32-18-6-8-28(12-18)22(30)31)19-5-7-24-21(27-19)26-16-2-3-17(13-29)25-11-16/h1-5,7,9,11,18,29H,6,8,12-13H2,(H,30,31)(H,24,26,27)/t18-/m1/s1. The van der Waals surface area contributed by atoms with E-state index in [2.05, 4.69) is 26.3 Å². The molecule has 1 saturated heterocycles. The first-order valence-electron chi connectivity index (χ1n) is 9.90. The van der Waals surface area contributed by atoms with Gasteiger partial charge in [-0.25, -0.2) is 14.8 Å². The van der Waals surface area contributed by atoms with Crippen LogP contribution in [0.4, 0.5) is 16.4 Å². The van der Waals surface area contributed by atoms with Crippen molar-refractivity contribution in [2.24, 2.45) is 0 Å². The molecular formula is C22H20N6O4. The van der Waals surface area contributed by atoms with Gasteiger partial charge < -0.3 is 25.2 Å². The monoisotopic (exact) mass is 432 g/mol. The van der Waals surface area contributed by atoms with Gasteiger partial charge in [0.05, 0.1) is 42.0 Å². The fraction of sp³-hybridized carbons (Fsp3) is 0.227. The smallest absolute Gasteiger partial charge is 0.407 e. The van der Waals surface area contributed by atoms with E-state index >= 15 is 0 Å². The van der Waals surface area contributed by atoms with Crippen LogP contribution in [0.1, 0.15) is 17.7 Å². The number of likely N-dealkylation sites (tertiary alicyclic amines) is 1. The Labute approximate surface area is 183 Å². The van der Waals surface area contributed by atoms with Crippen LogP contribution < -0.4 is 10.1 Å². The molecule has 0 saturated carbocycles. The van der Waals surface area contributed by atoms with Crippen molar-refractivity contribution >= 4 is 17.7 Å². The fourth-order valence-electron chi connectivity index (χ4n) is 3.36. The van der Waals surface area contributed by atoms with Gasteiger partial charge in [0, 0.05) is 24.7 Å². The van der Waals surface area contributed by atoms with Gasteiger partial charge in [-0.15, -0.1) is 0 Å². The molecule has 1 fully saturated rings. The Bertz CT molecular complexity index is 1160. The molecule has 0 spiro atoms. The Morgan fingerprint density at radius 1 is 1.28 bits per heavy atom. The predicted molar refractivity (Wildman–Crippen MR) is 114 cm³/mol. The van der Waals surface area contributed by atoms with E-state index in [9.17, 15) is 10.1 Å². The molecule has 0 radical (unpaired) electrons. The lowest BCUT2D eigenvalue weighted by molar-refractivity contribution is 0.145. The topological polar surface area (TPSA) is 144 Å². The zero-order valence-corrected chi connectivity index (χ0v) is 17.0. The molecule has 4 rings (SSSR count). The van der Waals surface area contributed by atoms with Crippen LogP contribution in [0.15, 0.2) is 48.8 Å². The molecule has 1 aliphatic heterocycles. The van der Waals surface area contributed by atoms with Crippen LogP contribution in [-0.2, 0) is 6.61 Å². The lowest BCUT2D eigenvalue weighted by Crippen LogP contribution is -2.29. The van der Waals surface area contributed by atoms with Crippen LogP contribution in [-0.4, -0.2) is 55.4 Å². The lowest BCUT2D eigenvalue weighted by Gasteiger charge is -2.16. The van der Waals surface area contributed by atoms with Crippen molar-refractivity contribution in [2.75, 3.05) is 18.4 Å². The number of hydrogen-bond donors (Lipinski definition) is 3. The first-order valence-corrected chi connectivity index (χ1v) is 9.90. The second kappa shape index (κ2) is 9.28. The summed E-state index contributed by atoms with van der Waals surface area (Å²) in [5.41, 5.74) is 2.90. The van der Waals surface area contributed by atoms with Crippen LogP contribution in [0.3, 0.4) is 0 Å². The number of aromatic nitrogens is 3. The number of pyridine rings is 1. The predicted octanol–water partition coefficient (Wildman–Crippen LogP) is 2.78. The second-order valence-electron chi connectivity index (χ2n) is 7.17. The van der Waals surface area contributed by atoms with Gasteiger partial charge in [0.2, 0.25) is 5.95 Å². The SMILES string of the molecule is N#Cc1cc(-c2ccnc(Nc3ccc(CO)nc3)n2)ccc1O[C@@H]1CCN(C(=O)O)C1. The number of nitrogens with zero attached hydrogens (tertiary/aromatic N) is 5. The molecule has 3 N–H and O–H groups in total. The average Bonchev–Trinajstić information content (AvgIpc) is 3.29. The lowest BCUT2D eigenvalue weighted by atomic mass is 10.1. The first-order chi connectivity index (χ1) is 15.6. The van der Waals surface area contributed by atoms with E-state index in [4.69, 9.17) is 14.9 Å². The van der Waals surface area contributed by atoms with Gasteiger partial charge in [-0.05, 0) is 36.4 Å². The Morgan fingerprint density at radius 2 is 2.16 bits per heavy atom. The normalized spacial score (nSPS) is 15.2. The van der Waals surface area contributed by atoms with Crippen molar-refractivity contribution in [1.82, 2.24) is 19.9 Å². The van der Waals surface area contributed by atoms with E-state index in [-0.39, 0.29) is 19.3 Å². The number of benzene rings is 1. The van der Waals surface area contributed by atoms with Gasteiger partial charge >= 0.3 is 6.09 Å². The molecule has 162 valence electrons. The van der Waals surface area contributed by atoms with Crippen molar-refractivity contribution < 1.29 is 19.7 Å². The molecule has 1 atom stereocenters. The Kier molecular flexibility index (Phi) is 6.10. The van der Waals surface area contributed by atoms with E-state index in [0.717, 1.165) is 0 Å². The van der Waals surface area contributed by atoms with Crippen LogP contribution in [0, 0.1) is 11.3 Å². The molecular weight excluding hydrogens is 412 g/mol. The van der Waals surface area contributed by atoms with E-state index in [1.165, 1.54) is 4.90 Å². The van der Waals surface area contributed by atoms with E-state index < -0.39 is 6.09 Å². The Morgan fingerprint density at radius 3 is 2.84 bits per heavy atom. The number of carboxylic acid groups (broad SMARTS) is 1. The van der Waals surface area contributed by atoms with Crippen molar-refractivity contribution in [3.8, 4) is 23.1 Å². The summed E-state index contributed by atoms with van der Waals surface area (Å²) in [6.45, 7) is 0.553. The minimum Gasteiger partial charge on any atom is -0.487 e. The van der Waals surface area contributed by atoms with E-state index in [1.54, 1.807) is 48.8 Å². The average molecular weight is 432 g/mol. The van der Waals surface area contributed by atoms with Crippen LogP contribution in [0.5, 0.6) is 5.75 Å². The third kappa shape index (κ3) is 4.74. The van der Waals surface area contributed by atoms with Crippen molar-refractivity contribution in [3.63, 3.8) is 0 Å². The molecule has 1 amide bonds. The third-order valence-electron chi connectivity index (χ3n) is 5.00. The maximum atomic E-state index is 11.1. The number of aliphatic hydroxyl groups is 1. The molecule has 0 aliphatic carbocycles. The number of anilines is 2. The number of nitriles is 1. The molecule has 0 bridgehead atoms. The molecule has 0 unspecified atom stereocenters. The molecule has 1 aromatic carbocycles. The van der Waals surface area contributed by atoms with Crippen molar-refractivity contribution in [2.45, 2.75) is 19.1 Å². The van der Waals surface area contributed by atoms with Gasteiger partial charge in [-0.1, -0.05) is 0 Å². The minimum atomic E-state index is -0.972. The molecule has 32 heavy (non-hydrogen) atoms. The van der Waals surface area contributed by atoms with E-state index in [1.807, 2.05) is 0 Å². The zero-order chi connectivity index (χ0) is 22.5. The number of ether oxygens (including phenoxy) is 1. The van der Waals surface area contributed by atoms with Gasteiger partial charge in [0.15, 0.2) is 0 Å². The summed E-state index contributed by atoms with van der Waals surface area (Å²) in [5, 5.41) is 30.8. The summed E-state index contributed by atoms with van der Waals surface area (Å²) in [6.07, 6.45) is 2.50. The molecule has 1 aliphatic rings. The van der Waals surface area contributed by atoms with Gasteiger partial charge in [0.1, 0.15) is 17.9 Å². The highest BCUT2D eigenvalue weighted by atomic mass is 16.5. The molecule has 3 heterocycles. The summed E-state index contributed by atoms with van der Waals surface area (Å²) < 4.78 is 5.89. The molecule has 10 heteroatoms. The number of amides is 1. The highest BCUT2D eigenvalue weighted by Crippen LogP contribution is 2.28. The fourth-order valence-corrected chi connectivity index (χ4v) is 3.36. The summed E-state index contributed by atoms with van der Waals surface area (Å²) in [6, 6.07) is 12.5.